The minimum Gasteiger partial charge on any atom is -0.479 e. The normalized spacial score (nSPS) is 20.2. The summed E-state index contributed by atoms with van der Waals surface area (Å²) in [6.07, 6.45) is -1.03. The zero-order valence-corrected chi connectivity index (χ0v) is 8.70. The van der Waals surface area contributed by atoms with Gasteiger partial charge < -0.3 is 20.5 Å². The maximum absolute atomic E-state index is 11.9. The lowest BCUT2D eigenvalue weighted by atomic mass is 10.2. The molecule has 1 amide bonds. The summed E-state index contributed by atoms with van der Waals surface area (Å²) in [6.45, 7) is 0.364. The lowest BCUT2D eigenvalue weighted by molar-refractivity contribution is -0.154. The second-order valence-electron chi connectivity index (χ2n) is 3.45. The van der Waals surface area contributed by atoms with Crippen LogP contribution < -0.4 is 5.73 Å². The van der Waals surface area contributed by atoms with E-state index in [4.69, 9.17) is 15.6 Å². The van der Waals surface area contributed by atoms with E-state index in [1.54, 1.807) is 0 Å². The van der Waals surface area contributed by atoms with Crippen LogP contribution in [0.4, 0.5) is 5.82 Å². The summed E-state index contributed by atoms with van der Waals surface area (Å²) in [5, 5.41) is 15.4. The van der Waals surface area contributed by atoms with Crippen LogP contribution in [0.25, 0.3) is 0 Å². The number of carbonyl (C=O) groups excluding carboxylic acids is 1. The van der Waals surface area contributed by atoms with Crippen molar-refractivity contribution in [2.75, 3.05) is 25.4 Å². The van der Waals surface area contributed by atoms with Gasteiger partial charge in [-0.15, -0.1) is 0 Å². The van der Waals surface area contributed by atoms with Crippen molar-refractivity contribution in [2.24, 2.45) is 0 Å². The van der Waals surface area contributed by atoms with E-state index < -0.39 is 18.0 Å². The predicted molar refractivity (Wildman–Crippen MR) is 52.0 cm³/mol. The van der Waals surface area contributed by atoms with Crippen LogP contribution in [0.2, 0.25) is 0 Å². The number of hydrogen-bond acceptors (Lipinski definition) is 7. The molecule has 2 rings (SSSR count). The maximum atomic E-state index is 11.9. The second-order valence-corrected chi connectivity index (χ2v) is 3.45. The van der Waals surface area contributed by atoms with Crippen LogP contribution in [0.3, 0.4) is 0 Å². The number of nitrogens with zero attached hydrogens (tertiary/aromatic N) is 3. The number of morpholine rings is 1. The molecule has 0 radical (unpaired) electrons. The van der Waals surface area contributed by atoms with Gasteiger partial charge in [-0.05, 0) is 10.3 Å². The Morgan fingerprint density at radius 2 is 2.24 bits per heavy atom. The van der Waals surface area contributed by atoms with Gasteiger partial charge in [-0.2, -0.15) is 0 Å². The predicted octanol–water partition coefficient (Wildman–Crippen LogP) is -1.42. The summed E-state index contributed by atoms with van der Waals surface area (Å²) >= 11 is 0. The van der Waals surface area contributed by atoms with Gasteiger partial charge in [0.2, 0.25) is 11.5 Å². The first-order valence-corrected chi connectivity index (χ1v) is 4.81. The molecule has 92 valence electrons. The molecule has 3 N–H and O–H groups in total. The summed E-state index contributed by atoms with van der Waals surface area (Å²) in [5.74, 6) is -1.75. The number of hydrogen-bond donors (Lipinski definition) is 2. The number of anilines is 1. The highest BCUT2D eigenvalue weighted by molar-refractivity contribution is 5.96. The van der Waals surface area contributed by atoms with E-state index in [1.165, 1.54) is 4.90 Å². The number of carbonyl (C=O) groups is 2. The molecule has 0 spiro atoms. The van der Waals surface area contributed by atoms with Gasteiger partial charge in [-0.25, -0.2) is 9.42 Å². The second kappa shape index (κ2) is 4.37. The Kier molecular flexibility index (Phi) is 2.91. The van der Waals surface area contributed by atoms with Crippen molar-refractivity contribution >= 4 is 17.7 Å². The first-order chi connectivity index (χ1) is 8.09. The minimum atomic E-state index is -1.12. The van der Waals surface area contributed by atoms with Crippen LogP contribution in [-0.2, 0) is 9.53 Å². The van der Waals surface area contributed by atoms with E-state index in [9.17, 15) is 9.59 Å². The fourth-order valence-electron chi connectivity index (χ4n) is 1.48. The van der Waals surface area contributed by atoms with Crippen molar-refractivity contribution < 1.29 is 24.1 Å². The third kappa shape index (κ3) is 2.18. The van der Waals surface area contributed by atoms with Crippen molar-refractivity contribution in [1.29, 1.82) is 0 Å². The molecule has 1 aliphatic rings. The maximum Gasteiger partial charge on any atom is 0.334 e. The van der Waals surface area contributed by atoms with E-state index >= 15 is 0 Å². The van der Waals surface area contributed by atoms with Gasteiger partial charge in [0.15, 0.2) is 6.10 Å². The highest BCUT2D eigenvalue weighted by Crippen LogP contribution is 2.12. The lowest BCUT2D eigenvalue weighted by Gasteiger charge is -2.30. The Bertz CT molecular complexity index is 445. The molecule has 0 saturated carbocycles. The first-order valence-electron chi connectivity index (χ1n) is 4.81. The Balaban J connectivity index is 2.10. The molecular formula is C8H10N4O5. The van der Waals surface area contributed by atoms with Crippen LogP contribution >= 0.6 is 0 Å². The summed E-state index contributed by atoms with van der Waals surface area (Å²) in [7, 11) is 0. The van der Waals surface area contributed by atoms with E-state index in [0.29, 0.717) is 0 Å². The average molecular weight is 242 g/mol. The fourth-order valence-corrected chi connectivity index (χ4v) is 1.48. The molecule has 2 heterocycles. The number of amides is 1. The van der Waals surface area contributed by atoms with Crippen molar-refractivity contribution in [3.8, 4) is 0 Å². The molecule has 9 heteroatoms. The third-order valence-electron chi connectivity index (χ3n) is 2.35. The van der Waals surface area contributed by atoms with Crippen LogP contribution in [0, 0.1) is 0 Å². The largest absolute Gasteiger partial charge is 0.479 e. The van der Waals surface area contributed by atoms with Gasteiger partial charge in [-0.1, -0.05) is 0 Å². The molecule has 1 fully saturated rings. The number of aliphatic carboxylic acids is 1. The molecule has 17 heavy (non-hydrogen) atoms. The van der Waals surface area contributed by atoms with Crippen molar-refractivity contribution in [3.63, 3.8) is 0 Å². The Morgan fingerprint density at radius 1 is 1.47 bits per heavy atom. The average Bonchev–Trinajstić information content (AvgIpc) is 2.74. The van der Waals surface area contributed by atoms with E-state index in [0.717, 1.165) is 0 Å². The van der Waals surface area contributed by atoms with Crippen molar-refractivity contribution in [1.82, 2.24) is 15.2 Å². The molecule has 1 aliphatic heterocycles. The molecule has 0 bridgehead atoms. The van der Waals surface area contributed by atoms with Gasteiger partial charge >= 0.3 is 5.97 Å². The minimum absolute atomic E-state index is 0.0551. The Labute approximate surface area is 95.1 Å². The first kappa shape index (κ1) is 11.3. The summed E-state index contributed by atoms with van der Waals surface area (Å²) in [5.41, 5.74) is 5.27. The van der Waals surface area contributed by atoms with Gasteiger partial charge in [0.25, 0.3) is 5.91 Å². The van der Waals surface area contributed by atoms with E-state index in [1.807, 2.05) is 0 Å². The lowest BCUT2D eigenvalue weighted by Crippen LogP contribution is -2.48. The third-order valence-corrected chi connectivity index (χ3v) is 2.35. The number of carboxylic acids is 1. The molecule has 9 nitrogen and oxygen atoms in total. The number of nitrogens with two attached hydrogens (primary N) is 1. The quantitative estimate of drug-likeness (QED) is 0.645. The monoisotopic (exact) mass is 242 g/mol. The van der Waals surface area contributed by atoms with E-state index in [-0.39, 0.29) is 31.2 Å². The van der Waals surface area contributed by atoms with Crippen LogP contribution in [0.5, 0.6) is 0 Å². The van der Waals surface area contributed by atoms with Gasteiger partial charge in [0.1, 0.15) is 0 Å². The highest BCUT2D eigenvalue weighted by atomic mass is 16.6. The molecular weight excluding hydrogens is 232 g/mol. The summed E-state index contributed by atoms with van der Waals surface area (Å²) < 4.78 is 9.29. The van der Waals surface area contributed by atoms with Gasteiger partial charge in [0.05, 0.1) is 13.2 Å². The topological polar surface area (TPSA) is 132 Å². The SMILES string of the molecule is Nc1nonc1C(=O)N1CCOC(C(=O)O)C1. The highest BCUT2D eigenvalue weighted by Gasteiger charge is 2.31. The summed E-state index contributed by atoms with van der Waals surface area (Å²) in [4.78, 5) is 23.9. The standard InChI is InChI=1S/C8H10N4O5/c9-6-5(10-17-11-6)7(13)12-1-2-16-4(3-12)8(14)15/h4H,1-3H2,(H2,9,11)(H,14,15). The zero-order valence-electron chi connectivity index (χ0n) is 8.70. The van der Waals surface area contributed by atoms with Crippen LogP contribution in [-0.4, -0.2) is 58.0 Å². The fraction of sp³-hybridized carbons (Fsp3) is 0.500. The Morgan fingerprint density at radius 3 is 2.82 bits per heavy atom. The van der Waals surface area contributed by atoms with E-state index in [2.05, 4.69) is 14.9 Å². The molecule has 1 aromatic heterocycles. The van der Waals surface area contributed by atoms with Gasteiger partial charge in [-0.3, -0.25) is 4.79 Å². The number of rotatable bonds is 2. The number of ether oxygens (including phenoxy) is 1. The molecule has 0 aliphatic carbocycles. The molecule has 0 aromatic carbocycles. The van der Waals surface area contributed by atoms with Crippen LogP contribution in [0.15, 0.2) is 4.63 Å². The summed E-state index contributed by atoms with van der Waals surface area (Å²) in [6, 6.07) is 0. The Hall–Kier alpha value is -2.16. The molecule has 1 aromatic rings. The number of aromatic nitrogens is 2. The number of nitrogen functional groups attached to an aromatic ring is 1. The van der Waals surface area contributed by atoms with Crippen LogP contribution in [0.1, 0.15) is 10.5 Å². The van der Waals surface area contributed by atoms with Crippen molar-refractivity contribution in [2.45, 2.75) is 6.10 Å². The number of carboxylic acid groups (broad SMARTS) is 1. The zero-order chi connectivity index (χ0) is 12.4. The van der Waals surface area contributed by atoms with Crippen molar-refractivity contribution in [3.05, 3.63) is 5.69 Å². The van der Waals surface area contributed by atoms with Gasteiger partial charge in [0, 0.05) is 6.54 Å². The molecule has 1 unspecified atom stereocenters. The smallest absolute Gasteiger partial charge is 0.334 e. The molecule has 1 atom stereocenters. The molecule has 1 saturated heterocycles.